The standard InChI is InChI=1S/C16H25FN2/c1-12(14-8-4-5-9-15(14)17)19(3)11-13-7-6-10-16(13)18-2/h4-5,8-9,12-13,16,18H,6-7,10-11H2,1-3H3. The van der Waals surface area contributed by atoms with Gasteiger partial charge in [0.05, 0.1) is 0 Å². The van der Waals surface area contributed by atoms with Gasteiger partial charge in [-0.15, -0.1) is 0 Å². The van der Waals surface area contributed by atoms with Crippen LogP contribution in [0.1, 0.15) is 37.8 Å². The van der Waals surface area contributed by atoms with E-state index >= 15 is 0 Å². The molecule has 19 heavy (non-hydrogen) atoms. The van der Waals surface area contributed by atoms with Gasteiger partial charge in [0.25, 0.3) is 0 Å². The van der Waals surface area contributed by atoms with Gasteiger partial charge >= 0.3 is 0 Å². The lowest BCUT2D eigenvalue weighted by molar-refractivity contribution is 0.203. The topological polar surface area (TPSA) is 15.3 Å². The number of benzene rings is 1. The van der Waals surface area contributed by atoms with Crippen molar-refractivity contribution in [1.29, 1.82) is 0 Å². The van der Waals surface area contributed by atoms with E-state index in [0.717, 1.165) is 12.1 Å². The molecule has 3 heteroatoms. The summed E-state index contributed by atoms with van der Waals surface area (Å²) in [6, 6.07) is 7.84. The third kappa shape index (κ3) is 3.34. The van der Waals surface area contributed by atoms with Gasteiger partial charge in [-0.05, 0) is 45.8 Å². The zero-order valence-corrected chi connectivity index (χ0v) is 12.2. The van der Waals surface area contributed by atoms with Crippen LogP contribution in [0.5, 0.6) is 0 Å². The van der Waals surface area contributed by atoms with Crippen molar-refractivity contribution in [3.05, 3.63) is 35.6 Å². The molecule has 1 aliphatic carbocycles. The van der Waals surface area contributed by atoms with Gasteiger partial charge in [-0.1, -0.05) is 24.6 Å². The van der Waals surface area contributed by atoms with Gasteiger partial charge in [0.15, 0.2) is 0 Å². The molecule has 0 radical (unpaired) electrons. The zero-order valence-electron chi connectivity index (χ0n) is 12.2. The predicted octanol–water partition coefficient (Wildman–Crippen LogP) is 3.21. The molecule has 1 aromatic carbocycles. The first-order chi connectivity index (χ1) is 9.13. The second-order valence-corrected chi connectivity index (χ2v) is 5.72. The predicted molar refractivity (Wildman–Crippen MR) is 77.6 cm³/mol. The van der Waals surface area contributed by atoms with E-state index in [1.54, 1.807) is 12.1 Å². The third-order valence-corrected chi connectivity index (χ3v) is 4.57. The average molecular weight is 264 g/mol. The van der Waals surface area contributed by atoms with Crippen LogP contribution in [-0.2, 0) is 0 Å². The first-order valence-corrected chi connectivity index (χ1v) is 7.25. The molecule has 0 heterocycles. The summed E-state index contributed by atoms with van der Waals surface area (Å²) in [6.07, 6.45) is 3.85. The second kappa shape index (κ2) is 6.49. The van der Waals surface area contributed by atoms with E-state index in [2.05, 4.69) is 24.2 Å². The summed E-state index contributed by atoms with van der Waals surface area (Å²) < 4.78 is 13.8. The van der Waals surface area contributed by atoms with Crippen LogP contribution in [-0.4, -0.2) is 31.6 Å². The third-order valence-electron chi connectivity index (χ3n) is 4.57. The minimum absolute atomic E-state index is 0.0987. The van der Waals surface area contributed by atoms with Crippen LogP contribution in [0, 0.1) is 11.7 Å². The summed E-state index contributed by atoms with van der Waals surface area (Å²) in [7, 11) is 4.14. The Labute approximate surface area is 116 Å². The van der Waals surface area contributed by atoms with E-state index in [0.29, 0.717) is 12.0 Å². The molecule has 1 fully saturated rings. The molecule has 0 aromatic heterocycles. The Kier molecular flexibility index (Phi) is 4.94. The normalized spacial score (nSPS) is 24.9. The summed E-state index contributed by atoms with van der Waals surface area (Å²) in [4.78, 5) is 2.28. The van der Waals surface area contributed by atoms with Crippen molar-refractivity contribution in [2.24, 2.45) is 5.92 Å². The lowest BCUT2D eigenvalue weighted by Gasteiger charge is -2.30. The van der Waals surface area contributed by atoms with Crippen molar-refractivity contribution >= 4 is 0 Å². The quantitative estimate of drug-likeness (QED) is 0.878. The fourth-order valence-electron chi connectivity index (χ4n) is 3.21. The number of halogens is 1. The molecule has 1 saturated carbocycles. The molecule has 0 amide bonds. The smallest absolute Gasteiger partial charge is 0.127 e. The highest BCUT2D eigenvalue weighted by Gasteiger charge is 2.28. The Morgan fingerprint density at radius 1 is 1.37 bits per heavy atom. The van der Waals surface area contributed by atoms with Gasteiger partial charge in [-0.3, -0.25) is 4.90 Å². The van der Waals surface area contributed by atoms with Gasteiger partial charge in [0, 0.05) is 24.2 Å². The van der Waals surface area contributed by atoms with Crippen LogP contribution in [0.25, 0.3) is 0 Å². The number of nitrogens with zero attached hydrogens (tertiary/aromatic N) is 1. The maximum absolute atomic E-state index is 13.8. The molecule has 0 aliphatic heterocycles. The number of rotatable bonds is 5. The maximum atomic E-state index is 13.8. The number of nitrogens with one attached hydrogen (secondary N) is 1. The van der Waals surface area contributed by atoms with Crippen molar-refractivity contribution in [3.8, 4) is 0 Å². The Bertz CT molecular complexity index is 407. The highest BCUT2D eigenvalue weighted by Crippen LogP contribution is 2.29. The minimum Gasteiger partial charge on any atom is -0.317 e. The summed E-state index contributed by atoms with van der Waals surface area (Å²) in [5.41, 5.74) is 0.795. The molecular weight excluding hydrogens is 239 g/mol. The molecule has 0 bridgehead atoms. The highest BCUT2D eigenvalue weighted by atomic mass is 19.1. The molecule has 1 N–H and O–H groups in total. The van der Waals surface area contributed by atoms with E-state index in [1.165, 1.54) is 19.3 Å². The van der Waals surface area contributed by atoms with E-state index in [1.807, 2.05) is 19.2 Å². The minimum atomic E-state index is -0.0987. The Hall–Kier alpha value is -0.930. The largest absolute Gasteiger partial charge is 0.317 e. The van der Waals surface area contributed by atoms with Gasteiger partial charge in [-0.2, -0.15) is 0 Å². The fourth-order valence-corrected chi connectivity index (χ4v) is 3.21. The van der Waals surface area contributed by atoms with Crippen LogP contribution in [0.3, 0.4) is 0 Å². The summed E-state index contributed by atoms with van der Waals surface area (Å²) in [5, 5.41) is 3.41. The Morgan fingerprint density at radius 2 is 2.11 bits per heavy atom. The SMILES string of the molecule is CNC1CCCC1CN(C)C(C)c1ccccc1F. The van der Waals surface area contributed by atoms with Crippen molar-refractivity contribution in [3.63, 3.8) is 0 Å². The molecule has 3 atom stereocenters. The van der Waals surface area contributed by atoms with Crippen LogP contribution in [0.4, 0.5) is 4.39 Å². The molecule has 1 aliphatic rings. The second-order valence-electron chi connectivity index (χ2n) is 5.72. The van der Waals surface area contributed by atoms with Gasteiger partial charge < -0.3 is 5.32 Å². The van der Waals surface area contributed by atoms with E-state index in [4.69, 9.17) is 0 Å². The van der Waals surface area contributed by atoms with Gasteiger partial charge in [0.2, 0.25) is 0 Å². The summed E-state index contributed by atoms with van der Waals surface area (Å²) >= 11 is 0. The number of hydrogen-bond acceptors (Lipinski definition) is 2. The van der Waals surface area contributed by atoms with Gasteiger partial charge in [-0.25, -0.2) is 4.39 Å². The van der Waals surface area contributed by atoms with Crippen molar-refractivity contribution < 1.29 is 4.39 Å². The van der Waals surface area contributed by atoms with Crippen molar-refractivity contribution in [1.82, 2.24) is 10.2 Å². The lowest BCUT2D eigenvalue weighted by Crippen LogP contribution is -2.37. The average Bonchev–Trinajstić information content (AvgIpc) is 2.85. The van der Waals surface area contributed by atoms with E-state index < -0.39 is 0 Å². The van der Waals surface area contributed by atoms with E-state index in [9.17, 15) is 4.39 Å². The first kappa shape index (κ1) is 14.5. The van der Waals surface area contributed by atoms with Crippen LogP contribution < -0.4 is 5.32 Å². The van der Waals surface area contributed by atoms with Crippen LogP contribution in [0.2, 0.25) is 0 Å². The molecule has 106 valence electrons. The molecule has 0 spiro atoms. The molecule has 2 rings (SSSR count). The summed E-state index contributed by atoms with van der Waals surface area (Å²) in [6.45, 7) is 3.11. The molecule has 0 saturated heterocycles. The molecule has 3 unspecified atom stereocenters. The molecular formula is C16H25FN2. The maximum Gasteiger partial charge on any atom is 0.127 e. The fraction of sp³-hybridized carbons (Fsp3) is 0.625. The van der Waals surface area contributed by atoms with Crippen molar-refractivity contribution in [2.45, 2.75) is 38.3 Å². The summed E-state index contributed by atoms with van der Waals surface area (Å²) in [5.74, 6) is 0.586. The lowest BCUT2D eigenvalue weighted by atomic mass is 10.0. The monoisotopic (exact) mass is 264 g/mol. The highest BCUT2D eigenvalue weighted by molar-refractivity contribution is 5.20. The Morgan fingerprint density at radius 3 is 2.79 bits per heavy atom. The first-order valence-electron chi connectivity index (χ1n) is 7.25. The van der Waals surface area contributed by atoms with Crippen LogP contribution in [0.15, 0.2) is 24.3 Å². The number of hydrogen-bond donors (Lipinski definition) is 1. The molecule has 1 aromatic rings. The van der Waals surface area contributed by atoms with E-state index in [-0.39, 0.29) is 11.9 Å². The zero-order chi connectivity index (χ0) is 13.8. The van der Waals surface area contributed by atoms with Crippen molar-refractivity contribution in [2.75, 3.05) is 20.6 Å². The molecule has 2 nitrogen and oxygen atoms in total. The van der Waals surface area contributed by atoms with Gasteiger partial charge in [0.1, 0.15) is 5.82 Å². The Balaban J connectivity index is 1.99. The van der Waals surface area contributed by atoms with Crippen LogP contribution >= 0.6 is 0 Å².